The number of piperazine rings is 1. The summed E-state index contributed by atoms with van der Waals surface area (Å²) in [6.07, 6.45) is 1.31. The van der Waals surface area contributed by atoms with E-state index < -0.39 is 4.92 Å². The minimum absolute atomic E-state index is 0.0384. The van der Waals surface area contributed by atoms with Crippen molar-refractivity contribution in [1.82, 2.24) is 14.9 Å². The Kier molecular flexibility index (Phi) is 4.10. The molecule has 2 rings (SSSR count). The normalized spacial score (nSPS) is 16.4. The number of nitrogens with zero attached hydrogens (tertiary/aromatic N) is 5. The lowest BCUT2D eigenvalue weighted by Crippen LogP contribution is -2.45. The highest BCUT2D eigenvalue weighted by Gasteiger charge is 2.29. The highest BCUT2D eigenvalue weighted by atomic mass is 16.6. The zero-order valence-corrected chi connectivity index (χ0v) is 11.1. The first-order valence-electron chi connectivity index (χ1n) is 6.19. The van der Waals surface area contributed by atoms with E-state index in [1.54, 1.807) is 6.92 Å². The third kappa shape index (κ3) is 2.90. The van der Waals surface area contributed by atoms with E-state index in [-0.39, 0.29) is 11.6 Å². The first-order valence-corrected chi connectivity index (χ1v) is 6.19. The Morgan fingerprint density at radius 1 is 1.37 bits per heavy atom. The van der Waals surface area contributed by atoms with Gasteiger partial charge in [-0.2, -0.15) is 4.98 Å². The molecule has 1 aromatic heterocycles. The molecule has 1 aliphatic heterocycles. The molecule has 0 radical (unpaired) electrons. The lowest BCUT2D eigenvalue weighted by atomic mass is 10.3. The molecule has 0 spiro atoms. The van der Waals surface area contributed by atoms with Crippen LogP contribution in [-0.4, -0.2) is 59.6 Å². The third-order valence-corrected chi connectivity index (χ3v) is 3.04. The average molecular weight is 267 g/mol. The van der Waals surface area contributed by atoms with Gasteiger partial charge < -0.3 is 14.5 Å². The topological polar surface area (TPSA) is 84.6 Å². The van der Waals surface area contributed by atoms with Gasteiger partial charge in [0, 0.05) is 26.2 Å². The predicted molar refractivity (Wildman–Crippen MR) is 69.6 cm³/mol. The Hall–Kier alpha value is -1.96. The van der Waals surface area contributed by atoms with Crippen molar-refractivity contribution in [2.24, 2.45) is 0 Å². The SMILES string of the molecule is CCOc1ncnc(N2CCN(C)CC2)c1[N+](=O)[O-]. The summed E-state index contributed by atoms with van der Waals surface area (Å²) >= 11 is 0. The summed E-state index contributed by atoms with van der Waals surface area (Å²) < 4.78 is 5.22. The minimum atomic E-state index is -0.474. The minimum Gasteiger partial charge on any atom is -0.473 e. The van der Waals surface area contributed by atoms with Crippen molar-refractivity contribution < 1.29 is 9.66 Å². The van der Waals surface area contributed by atoms with Crippen molar-refractivity contribution in [3.05, 3.63) is 16.4 Å². The number of nitro groups is 1. The maximum Gasteiger partial charge on any atom is 0.372 e. The Labute approximate surface area is 111 Å². The van der Waals surface area contributed by atoms with Gasteiger partial charge in [0.1, 0.15) is 6.33 Å². The Morgan fingerprint density at radius 2 is 2.05 bits per heavy atom. The fraction of sp³-hybridized carbons (Fsp3) is 0.636. The van der Waals surface area contributed by atoms with Crippen LogP contribution in [0.4, 0.5) is 11.5 Å². The van der Waals surface area contributed by atoms with E-state index in [1.807, 2.05) is 11.9 Å². The van der Waals surface area contributed by atoms with Crippen molar-refractivity contribution >= 4 is 11.5 Å². The molecule has 0 N–H and O–H groups in total. The van der Waals surface area contributed by atoms with E-state index in [4.69, 9.17) is 4.74 Å². The van der Waals surface area contributed by atoms with Crippen LogP contribution in [0.15, 0.2) is 6.33 Å². The molecule has 1 aromatic rings. The fourth-order valence-electron chi connectivity index (χ4n) is 2.01. The lowest BCUT2D eigenvalue weighted by molar-refractivity contribution is -0.385. The highest BCUT2D eigenvalue weighted by Crippen LogP contribution is 2.33. The average Bonchev–Trinajstić information content (AvgIpc) is 2.39. The molecule has 8 heteroatoms. The number of aromatic nitrogens is 2. The van der Waals surface area contributed by atoms with Crippen LogP contribution in [0.1, 0.15) is 6.92 Å². The summed E-state index contributed by atoms with van der Waals surface area (Å²) in [5.41, 5.74) is -0.145. The Balaban J connectivity index is 2.33. The summed E-state index contributed by atoms with van der Waals surface area (Å²) in [4.78, 5) is 22.8. The van der Waals surface area contributed by atoms with Crippen molar-refractivity contribution in [2.75, 3.05) is 44.7 Å². The van der Waals surface area contributed by atoms with Crippen molar-refractivity contribution in [2.45, 2.75) is 6.92 Å². The van der Waals surface area contributed by atoms with Crippen LogP contribution in [-0.2, 0) is 0 Å². The van der Waals surface area contributed by atoms with E-state index >= 15 is 0 Å². The first-order chi connectivity index (χ1) is 9.13. The maximum atomic E-state index is 11.2. The van der Waals surface area contributed by atoms with E-state index in [2.05, 4.69) is 14.9 Å². The molecule has 104 valence electrons. The molecule has 1 aliphatic rings. The van der Waals surface area contributed by atoms with Crippen molar-refractivity contribution in [1.29, 1.82) is 0 Å². The molecule has 0 aliphatic carbocycles. The molecule has 0 bridgehead atoms. The van der Waals surface area contributed by atoms with Gasteiger partial charge in [-0.1, -0.05) is 0 Å². The van der Waals surface area contributed by atoms with Gasteiger partial charge in [0.15, 0.2) is 0 Å². The smallest absolute Gasteiger partial charge is 0.372 e. The fourth-order valence-corrected chi connectivity index (χ4v) is 2.01. The van der Waals surface area contributed by atoms with E-state index in [0.717, 1.165) is 13.1 Å². The molecule has 0 atom stereocenters. The number of rotatable bonds is 4. The van der Waals surface area contributed by atoms with E-state index in [1.165, 1.54) is 6.33 Å². The molecular formula is C11H17N5O3. The lowest BCUT2D eigenvalue weighted by Gasteiger charge is -2.32. The third-order valence-electron chi connectivity index (χ3n) is 3.04. The Morgan fingerprint density at radius 3 is 2.63 bits per heavy atom. The molecular weight excluding hydrogens is 250 g/mol. The number of hydrogen-bond acceptors (Lipinski definition) is 7. The zero-order valence-electron chi connectivity index (χ0n) is 11.1. The molecule has 8 nitrogen and oxygen atoms in total. The van der Waals surface area contributed by atoms with Gasteiger partial charge in [0.25, 0.3) is 5.88 Å². The summed E-state index contributed by atoms with van der Waals surface area (Å²) in [6.45, 7) is 5.22. The van der Waals surface area contributed by atoms with Crippen LogP contribution in [0, 0.1) is 10.1 Å². The van der Waals surface area contributed by atoms with Gasteiger partial charge in [-0.3, -0.25) is 10.1 Å². The van der Waals surface area contributed by atoms with Gasteiger partial charge in [0.2, 0.25) is 5.82 Å². The molecule has 2 heterocycles. The van der Waals surface area contributed by atoms with Crippen LogP contribution in [0.3, 0.4) is 0 Å². The quantitative estimate of drug-likeness (QED) is 0.581. The van der Waals surface area contributed by atoms with E-state index in [9.17, 15) is 10.1 Å². The van der Waals surface area contributed by atoms with Crippen LogP contribution in [0.25, 0.3) is 0 Å². The second-order valence-corrected chi connectivity index (χ2v) is 4.33. The summed E-state index contributed by atoms with van der Waals surface area (Å²) in [5.74, 6) is 0.382. The second kappa shape index (κ2) is 5.79. The van der Waals surface area contributed by atoms with Gasteiger partial charge in [0.05, 0.1) is 11.5 Å². The molecule has 1 fully saturated rings. The van der Waals surface area contributed by atoms with Crippen molar-refractivity contribution in [3.63, 3.8) is 0 Å². The standard InChI is InChI=1S/C11H17N5O3/c1-3-19-11-9(16(17)18)10(12-8-13-11)15-6-4-14(2)5-7-15/h8H,3-7H2,1-2H3. The van der Waals surface area contributed by atoms with Gasteiger partial charge in [-0.05, 0) is 14.0 Å². The summed E-state index contributed by atoms with van der Waals surface area (Å²) in [5, 5.41) is 11.2. The molecule has 0 amide bonds. The zero-order chi connectivity index (χ0) is 13.8. The highest BCUT2D eigenvalue weighted by molar-refractivity contribution is 5.62. The maximum absolute atomic E-state index is 11.2. The molecule has 19 heavy (non-hydrogen) atoms. The number of anilines is 1. The molecule has 0 unspecified atom stereocenters. The summed E-state index contributed by atoms with van der Waals surface area (Å²) in [6, 6.07) is 0. The predicted octanol–water partition coefficient (Wildman–Crippen LogP) is 0.535. The number of likely N-dealkylation sites (N-methyl/N-ethyl adjacent to an activating group) is 1. The second-order valence-electron chi connectivity index (χ2n) is 4.33. The van der Waals surface area contributed by atoms with Gasteiger partial charge in [-0.25, -0.2) is 4.98 Å². The van der Waals surface area contributed by atoms with Crippen LogP contribution >= 0.6 is 0 Å². The van der Waals surface area contributed by atoms with E-state index in [0.29, 0.717) is 25.5 Å². The van der Waals surface area contributed by atoms with Crippen LogP contribution in [0.5, 0.6) is 5.88 Å². The number of ether oxygens (including phenoxy) is 1. The Bertz CT molecular complexity index is 460. The molecule has 1 saturated heterocycles. The van der Waals surface area contributed by atoms with Gasteiger partial charge >= 0.3 is 5.69 Å². The van der Waals surface area contributed by atoms with Crippen LogP contribution in [0.2, 0.25) is 0 Å². The van der Waals surface area contributed by atoms with Gasteiger partial charge in [-0.15, -0.1) is 0 Å². The van der Waals surface area contributed by atoms with Crippen molar-refractivity contribution in [3.8, 4) is 5.88 Å². The first kappa shape index (κ1) is 13.5. The van der Waals surface area contributed by atoms with Crippen LogP contribution < -0.4 is 9.64 Å². The monoisotopic (exact) mass is 267 g/mol. The largest absolute Gasteiger partial charge is 0.473 e. The molecule has 0 saturated carbocycles. The molecule has 0 aromatic carbocycles. The summed E-state index contributed by atoms with van der Waals surface area (Å²) in [7, 11) is 2.03. The number of hydrogen-bond donors (Lipinski definition) is 0.